The fourth-order valence-electron chi connectivity index (χ4n) is 2.64. The van der Waals surface area contributed by atoms with E-state index in [-0.39, 0.29) is 12.0 Å². The molecule has 146 valence electrons. The van der Waals surface area contributed by atoms with Gasteiger partial charge in [0, 0.05) is 11.6 Å². The van der Waals surface area contributed by atoms with E-state index in [1.165, 1.54) is 5.56 Å². The molecule has 1 amide bonds. The molecule has 0 radical (unpaired) electrons. The molecule has 0 saturated heterocycles. The van der Waals surface area contributed by atoms with Crippen molar-refractivity contribution >= 4 is 17.5 Å². The summed E-state index contributed by atoms with van der Waals surface area (Å²) >= 11 is 6.01. The normalized spacial score (nSPS) is 11.9. The third-order valence-corrected chi connectivity index (χ3v) is 4.45. The van der Waals surface area contributed by atoms with Crippen molar-refractivity contribution in [3.8, 4) is 11.5 Å². The van der Waals surface area contributed by atoms with Crippen molar-refractivity contribution in [1.29, 1.82) is 0 Å². The Kier molecular flexibility index (Phi) is 7.99. The van der Waals surface area contributed by atoms with E-state index < -0.39 is 6.10 Å². The minimum atomic E-state index is -0.562. The van der Waals surface area contributed by atoms with Gasteiger partial charge in [0.25, 0.3) is 5.91 Å². The molecule has 2 rings (SSSR count). The highest BCUT2D eigenvalue weighted by Crippen LogP contribution is 2.22. The molecule has 4 nitrogen and oxygen atoms in total. The van der Waals surface area contributed by atoms with Crippen LogP contribution in [-0.2, 0) is 11.2 Å². The van der Waals surface area contributed by atoms with Crippen LogP contribution in [0, 0.1) is 6.92 Å². The van der Waals surface area contributed by atoms with Crippen LogP contribution in [0.2, 0.25) is 5.02 Å². The first kappa shape index (κ1) is 21.1. The van der Waals surface area contributed by atoms with Gasteiger partial charge in [-0.1, -0.05) is 23.7 Å². The number of halogens is 1. The summed E-state index contributed by atoms with van der Waals surface area (Å²) < 4.78 is 11.4. The van der Waals surface area contributed by atoms with Gasteiger partial charge in [-0.15, -0.1) is 0 Å². The minimum Gasteiger partial charge on any atom is -0.491 e. The van der Waals surface area contributed by atoms with Crippen molar-refractivity contribution in [2.45, 2.75) is 52.7 Å². The van der Waals surface area contributed by atoms with Crippen molar-refractivity contribution in [3.63, 3.8) is 0 Å². The number of hydrogen-bond acceptors (Lipinski definition) is 3. The molecule has 0 bridgehead atoms. The number of benzene rings is 2. The zero-order valence-corrected chi connectivity index (χ0v) is 17.2. The number of amides is 1. The van der Waals surface area contributed by atoms with Crippen LogP contribution in [0.5, 0.6) is 11.5 Å². The molecule has 0 saturated carbocycles. The van der Waals surface area contributed by atoms with Crippen molar-refractivity contribution in [1.82, 2.24) is 5.32 Å². The number of carbonyl (C=O) groups is 1. The van der Waals surface area contributed by atoms with Gasteiger partial charge in [0.15, 0.2) is 6.10 Å². The molecular weight excluding hydrogens is 362 g/mol. The average Bonchev–Trinajstić information content (AvgIpc) is 2.61. The average molecular weight is 390 g/mol. The summed E-state index contributed by atoms with van der Waals surface area (Å²) in [5.41, 5.74) is 2.12. The summed E-state index contributed by atoms with van der Waals surface area (Å²) in [5.74, 6) is 1.40. The van der Waals surface area contributed by atoms with Gasteiger partial charge in [0.2, 0.25) is 0 Å². The third kappa shape index (κ3) is 7.14. The lowest BCUT2D eigenvalue weighted by Gasteiger charge is -2.15. The second-order valence-corrected chi connectivity index (χ2v) is 7.29. The van der Waals surface area contributed by atoms with Crippen LogP contribution >= 0.6 is 11.6 Å². The van der Waals surface area contributed by atoms with Crippen molar-refractivity contribution in [2.24, 2.45) is 0 Å². The van der Waals surface area contributed by atoms with Crippen LogP contribution in [-0.4, -0.2) is 24.7 Å². The Morgan fingerprint density at radius 1 is 1.07 bits per heavy atom. The zero-order valence-electron chi connectivity index (χ0n) is 16.4. The predicted molar refractivity (Wildman–Crippen MR) is 110 cm³/mol. The molecule has 2 aromatic rings. The fourth-order valence-corrected chi connectivity index (χ4v) is 2.76. The molecule has 1 N–H and O–H groups in total. The first-order valence-corrected chi connectivity index (χ1v) is 9.69. The number of ether oxygens (including phenoxy) is 2. The smallest absolute Gasteiger partial charge is 0.260 e. The molecule has 2 aromatic carbocycles. The van der Waals surface area contributed by atoms with Crippen molar-refractivity contribution in [2.75, 3.05) is 6.54 Å². The largest absolute Gasteiger partial charge is 0.491 e. The predicted octanol–water partition coefficient (Wildman–Crippen LogP) is 4.95. The van der Waals surface area contributed by atoms with Gasteiger partial charge in [-0.3, -0.25) is 4.79 Å². The monoisotopic (exact) mass is 389 g/mol. The number of rotatable bonds is 9. The van der Waals surface area contributed by atoms with Gasteiger partial charge >= 0.3 is 0 Å². The molecule has 0 aromatic heterocycles. The van der Waals surface area contributed by atoms with E-state index in [4.69, 9.17) is 21.1 Å². The van der Waals surface area contributed by atoms with Gasteiger partial charge in [0.1, 0.15) is 11.5 Å². The number of nitrogens with one attached hydrogen (secondary N) is 1. The molecule has 0 aliphatic heterocycles. The number of aryl methyl sites for hydroxylation is 2. The topological polar surface area (TPSA) is 47.6 Å². The molecule has 0 spiro atoms. The molecule has 1 unspecified atom stereocenters. The molecule has 27 heavy (non-hydrogen) atoms. The highest BCUT2D eigenvalue weighted by molar-refractivity contribution is 6.31. The summed E-state index contributed by atoms with van der Waals surface area (Å²) in [6.45, 7) is 8.27. The first-order valence-electron chi connectivity index (χ1n) is 9.31. The molecule has 5 heteroatoms. The Bertz CT molecular complexity index is 761. The summed E-state index contributed by atoms with van der Waals surface area (Å²) in [5, 5.41) is 3.61. The van der Waals surface area contributed by atoms with Crippen molar-refractivity contribution in [3.05, 3.63) is 58.6 Å². The maximum atomic E-state index is 12.2. The maximum Gasteiger partial charge on any atom is 0.260 e. The molecule has 1 atom stereocenters. The van der Waals surface area contributed by atoms with E-state index in [0.29, 0.717) is 17.3 Å². The van der Waals surface area contributed by atoms with Crippen LogP contribution in [0.25, 0.3) is 0 Å². The second kappa shape index (κ2) is 10.2. The number of hydrogen-bond donors (Lipinski definition) is 1. The third-order valence-electron chi connectivity index (χ3n) is 4.02. The molecule has 0 heterocycles. The Hall–Kier alpha value is -2.20. The zero-order chi connectivity index (χ0) is 19.8. The van der Waals surface area contributed by atoms with Crippen LogP contribution < -0.4 is 14.8 Å². The van der Waals surface area contributed by atoms with Gasteiger partial charge in [-0.25, -0.2) is 0 Å². The summed E-state index contributed by atoms with van der Waals surface area (Å²) in [4.78, 5) is 12.2. The highest BCUT2D eigenvalue weighted by atomic mass is 35.5. The summed E-state index contributed by atoms with van der Waals surface area (Å²) in [6.07, 6.45) is 1.32. The Morgan fingerprint density at radius 3 is 2.52 bits per heavy atom. The first-order chi connectivity index (χ1) is 12.8. The lowest BCUT2D eigenvalue weighted by molar-refractivity contribution is -0.127. The van der Waals surface area contributed by atoms with E-state index in [1.54, 1.807) is 19.1 Å². The second-order valence-electron chi connectivity index (χ2n) is 6.88. The fraction of sp³-hybridized carbons (Fsp3) is 0.409. The quantitative estimate of drug-likeness (QED) is 0.617. The van der Waals surface area contributed by atoms with Crippen LogP contribution in [0.15, 0.2) is 42.5 Å². The van der Waals surface area contributed by atoms with E-state index in [2.05, 4.69) is 17.4 Å². The van der Waals surface area contributed by atoms with E-state index >= 15 is 0 Å². The van der Waals surface area contributed by atoms with E-state index in [0.717, 1.165) is 24.2 Å². The molecule has 0 fully saturated rings. The summed E-state index contributed by atoms with van der Waals surface area (Å²) in [7, 11) is 0. The molecule has 0 aliphatic carbocycles. The molecule has 0 aliphatic rings. The van der Waals surface area contributed by atoms with E-state index in [1.807, 2.05) is 39.0 Å². The number of carbonyl (C=O) groups excluding carboxylic acids is 1. The van der Waals surface area contributed by atoms with Gasteiger partial charge in [-0.2, -0.15) is 0 Å². The van der Waals surface area contributed by atoms with Gasteiger partial charge < -0.3 is 14.8 Å². The highest BCUT2D eigenvalue weighted by Gasteiger charge is 2.14. The Morgan fingerprint density at radius 2 is 1.81 bits per heavy atom. The van der Waals surface area contributed by atoms with Crippen LogP contribution in [0.4, 0.5) is 0 Å². The van der Waals surface area contributed by atoms with E-state index in [9.17, 15) is 4.79 Å². The lowest BCUT2D eigenvalue weighted by atomic mass is 10.1. The Labute approximate surface area is 166 Å². The van der Waals surface area contributed by atoms with Crippen molar-refractivity contribution < 1.29 is 14.3 Å². The SMILES string of the molecule is Cc1cc(OC(C)C(=O)NCCCc2cccc(OC(C)C)c2)ccc1Cl. The minimum absolute atomic E-state index is 0.125. The molecular formula is C22H28ClNO3. The maximum absolute atomic E-state index is 12.2. The summed E-state index contributed by atoms with van der Waals surface area (Å²) in [6, 6.07) is 13.5. The van der Waals surface area contributed by atoms with Crippen LogP contribution in [0.3, 0.4) is 0 Å². The standard InChI is InChI=1S/C22H28ClNO3/c1-15(2)26-19-9-5-7-18(14-19)8-6-12-24-22(25)17(4)27-20-10-11-21(23)16(3)13-20/h5,7,9-11,13-15,17H,6,8,12H2,1-4H3,(H,24,25). The van der Waals surface area contributed by atoms with Crippen LogP contribution in [0.1, 0.15) is 38.3 Å². The van der Waals surface area contributed by atoms with Gasteiger partial charge in [-0.05, 0) is 82.0 Å². The Balaban J connectivity index is 1.74. The van der Waals surface area contributed by atoms with Gasteiger partial charge in [0.05, 0.1) is 6.10 Å². The lowest BCUT2D eigenvalue weighted by Crippen LogP contribution is -2.36.